The highest BCUT2D eigenvalue weighted by Crippen LogP contribution is 2.44. The fourth-order valence-electron chi connectivity index (χ4n) is 3.45. The number of hydrogen-bond acceptors (Lipinski definition) is 3. The smallest absolute Gasteiger partial charge is 0.0936 e. The molecular formula is C14H19NO2S. The number of hydrogen-bond donors (Lipinski definition) is 1. The van der Waals surface area contributed by atoms with Gasteiger partial charge in [0.1, 0.15) is 0 Å². The van der Waals surface area contributed by atoms with Crippen molar-refractivity contribution < 1.29 is 9.32 Å². The molecule has 2 fully saturated rings. The van der Waals surface area contributed by atoms with Crippen molar-refractivity contribution in [1.29, 1.82) is 0 Å². The second-order valence-corrected chi connectivity index (χ2v) is 7.62. The van der Waals surface area contributed by atoms with Gasteiger partial charge >= 0.3 is 0 Å². The van der Waals surface area contributed by atoms with Crippen molar-refractivity contribution >= 4 is 10.8 Å². The van der Waals surface area contributed by atoms with Crippen LogP contribution >= 0.6 is 0 Å². The molecule has 2 atom stereocenters. The summed E-state index contributed by atoms with van der Waals surface area (Å²) in [5, 5.41) is 11.3. The summed E-state index contributed by atoms with van der Waals surface area (Å²) < 4.78 is 12.2. The Hall–Kier alpha value is -0.740. The van der Waals surface area contributed by atoms with Crippen molar-refractivity contribution in [2.24, 2.45) is 0 Å². The van der Waals surface area contributed by atoms with E-state index < -0.39 is 16.4 Å². The summed E-state index contributed by atoms with van der Waals surface area (Å²) in [7, 11) is -0.743. The minimum Gasteiger partial charge on any atom is -0.385 e. The third kappa shape index (κ3) is 1.91. The first-order valence-corrected chi connectivity index (χ1v) is 7.91. The van der Waals surface area contributed by atoms with Gasteiger partial charge in [-0.3, -0.25) is 9.19 Å². The highest BCUT2D eigenvalue weighted by atomic mass is 32.2. The fourth-order valence-corrected chi connectivity index (χ4v) is 5.68. The van der Waals surface area contributed by atoms with Gasteiger partial charge in [-0.15, -0.1) is 0 Å². The first-order chi connectivity index (χ1) is 8.60. The van der Waals surface area contributed by atoms with Crippen LogP contribution in [0.5, 0.6) is 0 Å². The SMILES string of the molecule is Cc1ccncc1C1(O)CC2CCCC(C1)S2=O. The Morgan fingerprint density at radius 3 is 2.67 bits per heavy atom. The largest absolute Gasteiger partial charge is 0.385 e. The fraction of sp³-hybridized carbons (Fsp3) is 0.643. The third-order valence-corrected chi connectivity index (χ3v) is 6.50. The Balaban J connectivity index is 1.97. The van der Waals surface area contributed by atoms with Gasteiger partial charge in [0, 0.05) is 39.3 Å². The first-order valence-electron chi connectivity index (χ1n) is 6.63. The maximum absolute atomic E-state index is 12.2. The number of aromatic nitrogens is 1. The van der Waals surface area contributed by atoms with Crippen LogP contribution in [0.2, 0.25) is 0 Å². The highest BCUT2D eigenvalue weighted by Gasteiger charge is 2.46. The number of nitrogens with zero attached hydrogens (tertiary/aromatic N) is 1. The van der Waals surface area contributed by atoms with Crippen LogP contribution in [-0.4, -0.2) is 24.8 Å². The van der Waals surface area contributed by atoms with Gasteiger partial charge in [0.2, 0.25) is 0 Å². The van der Waals surface area contributed by atoms with Crippen molar-refractivity contribution in [3.63, 3.8) is 0 Å². The number of pyridine rings is 1. The number of rotatable bonds is 1. The molecule has 3 heterocycles. The summed E-state index contributed by atoms with van der Waals surface area (Å²) in [5.41, 5.74) is 1.19. The molecule has 1 aromatic rings. The van der Waals surface area contributed by atoms with E-state index in [2.05, 4.69) is 4.98 Å². The lowest BCUT2D eigenvalue weighted by Crippen LogP contribution is -2.47. The van der Waals surface area contributed by atoms with Crippen LogP contribution in [-0.2, 0) is 16.4 Å². The van der Waals surface area contributed by atoms with Crippen LogP contribution in [0.15, 0.2) is 18.5 Å². The molecule has 2 aliphatic rings. The highest BCUT2D eigenvalue weighted by molar-refractivity contribution is 7.86. The molecule has 0 radical (unpaired) electrons. The van der Waals surface area contributed by atoms with Crippen molar-refractivity contribution in [2.75, 3.05) is 0 Å². The van der Waals surface area contributed by atoms with Gasteiger partial charge in [-0.25, -0.2) is 0 Å². The van der Waals surface area contributed by atoms with Gasteiger partial charge in [-0.1, -0.05) is 6.42 Å². The summed E-state index contributed by atoms with van der Waals surface area (Å²) in [6.45, 7) is 2.01. The molecule has 1 aromatic heterocycles. The molecular weight excluding hydrogens is 246 g/mol. The Morgan fingerprint density at radius 1 is 1.39 bits per heavy atom. The topological polar surface area (TPSA) is 50.2 Å². The third-order valence-electron chi connectivity index (χ3n) is 4.38. The van der Waals surface area contributed by atoms with Crippen LogP contribution in [0.1, 0.15) is 43.2 Å². The number of aliphatic hydroxyl groups is 1. The van der Waals surface area contributed by atoms with E-state index in [1.165, 1.54) is 0 Å². The quantitative estimate of drug-likeness (QED) is 0.845. The summed E-state index contributed by atoms with van der Waals surface area (Å²) in [5.74, 6) is 0. The molecule has 2 saturated heterocycles. The van der Waals surface area contributed by atoms with Crippen LogP contribution in [0, 0.1) is 6.92 Å². The molecule has 4 heteroatoms. The normalized spacial score (nSPS) is 39.6. The van der Waals surface area contributed by atoms with E-state index in [0.29, 0.717) is 12.8 Å². The standard InChI is InChI=1S/C14H19NO2S/c1-10-5-6-15-9-13(10)14(16)7-11-3-2-4-12(8-14)18(11)17/h5-6,9,11-12,16H,2-4,7-8H2,1H3. The minimum atomic E-state index is -0.817. The summed E-state index contributed by atoms with van der Waals surface area (Å²) in [6, 6.07) is 1.94. The van der Waals surface area contributed by atoms with Gasteiger partial charge in [0.15, 0.2) is 0 Å². The zero-order chi connectivity index (χ0) is 12.8. The molecule has 0 spiro atoms. The predicted octanol–water partition coefficient (Wildman–Crippen LogP) is 2.04. The van der Waals surface area contributed by atoms with Crippen LogP contribution in [0.4, 0.5) is 0 Å². The monoisotopic (exact) mass is 265 g/mol. The van der Waals surface area contributed by atoms with Gasteiger partial charge in [-0.2, -0.15) is 0 Å². The molecule has 2 aliphatic heterocycles. The van der Waals surface area contributed by atoms with E-state index in [-0.39, 0.29) is 10.5 Å². The van der Waals surface area contributed by atoms with E-state index in [0.717, 1.165) is 30.4 Å². The average Bonchev–Trinajstić information content (AvgIpc) is 2.32. The minimum absolute atomic E-state index is 0.169. The molecule has 18 heavy (non-hydrogen) atoms. The second kappa shape index (κ2) is 4.42. The molecule has 1 N–H and O–H groups in total. The van der Waals surface area contributed by atoms with Crippen LogP contribution < -0.4 is 0 Å². The van der Waals surface area contributed by atoms with Crippen molar-refractivity contribution in [2.45, 2.75) is 55.1 Å². The summed E-state index contributed by atoms with van der Waals surface area (Å²) >= 11 is 0. The van der Waals surface area contributed by atoms with E-state index in [1.807, 2.05) is 13.0 Å². The van der Waals surface area contributed by atoms with Gasteiger partial charge < -0.3 is 5.11 Å². The zero-order valence-electron chi connectivity index (χ0n) is 10.6. The lowest BCUT2D eigenvalue weighted by atomic mass is 9.79. The average molecular weight is 265 g/mol. The maximum atomic E-state index is 12.2. The lowest BCUT2D eigenvalue weighted by Gasteiger charge is -2.44. The molecule has 2 unspecified atom stereocenters. The van der Waals surface area contributed by atoms with Gasteiger partial charge in [0.25, 0.3) is 0 Å². The predicted molar refractivity (Wildman–Crippen MR) is 71.7 cm³/mol. The Bertz CT molecular complexity index is 472. The summed E-state index contributed by atoms with van der Waals surface area (Å²) in [6.07, 6.45) is 7.92. The Kier molecular flexibility index (Phi) is 3.02. The molecule has 98 valence electrons. The van der Waals surface area contributed by atoms with Crippen LogP contribution in [0.25, 0.3) is 0 Å². The molecule has 0 aliphatic carbocycles. The zero-order valence-corrected chi connectivity index (χ0v) is 11.4. The van der Waals surface area contributed by atoms with Crippen molar-refractivity contribution in [1.82, 2.24) is 4.98 Å². The number of aryl methyl sites for hydroxylation is 1. The molecule has 0 saturated carbocycles. The van der Waals surface area contributed by atoms with E-state index >= 15 is 0 Å². The first kappa shape index (κ1) is 12.3. The van der Waals surface area contributed by atoms with E-state index in [9.17, 15) is 9.32 Å². The van der Waals surface area contributed by atoms with Gasteiger partial charge in [-0.05, 0) is 44.2 Å². The van der Waals surface area contributed by atoms with Gasteiger partial charge in [0.05, 0.1) is 5.60 Å². The second-order valence-electron chi connectivity index (χ2n) is 5.63. The lowest BCUT2D eigenvalue weighted by molar-refractivity contribution is 0.00568. The number of fused-ring (bicyclic) bond motifs is 2. The Morgan fingerprint density at radius 2 is 2.06 bits per heavy atom. The molecule has 0 aromatic carbocycles. The van der Waals surface area contributed by atoms with E-state index in [1.54, 1.807) is 12.4 Å². The Labute approximate surface area is 110 Å². The van der Waals surface area contributed by atoms with Crippen LogP contribution in [0.3, 0.4) is 0 Å². The molecule has 3 rings (SSSR count). The van der Waals surface area contributed by atoms with Crippen molar-refractivity contribution in [3.8, 4) is 0 Å². The molecule has 3 nitrogen and oxygen atoms in total. The maximum Gasteiger partial charge on any atom is 0.0936 e. The molecule has 0 amide bonds. The van der Waals surface area contributed by atoms with E-state index in [4.69, 9.17) is 0 Å². The van der Waals surface area contributed by atoms with Crippen molar-refractivity contribution in [3.05, 3.63) is 29.6 Å². The molecule has 2 bridgehead atoms. The summed E-state index contributed by atoms with van der Waals surface area (Å²) in [4.78, 5) is 4.14.